The van der Waals surface area contributed by atoms with Crippen LogP contribution in [0, 0.1) is 3.57 Å². The molecule has 0 heterocycles. The van der Waals surface area contributed by atoms with Crippen molar-refractivity contribution in [2.24, 2.45) is 0 Å². The van der Waals surface area contributed by atoms with E-state index in [4.69, 9.17) is 23.2 Å². The molecule has 0 atom stereocenters. The molecule has 0 aromatic heterocycles. The van der Waals surface area contributed by atoms with E-state index in [9.17, 15) is 4.79 Å². The molecule has 5 heteroatoms. The molecule has 0 bridgehead atoms. The summed E-state index contributed by atoms with van der Waals surface area (Å²) in [4.78, 5) is 11.9. The van der Waals surface area contributed by atoms with Crippen LogP contribution in [0.4, 0.5) is 0 Å². The third kappa shape index (κ3) is 3.79. The van der Waals surface area contributed by atoms with Gasteiger partial charge in [0.25, 0.3) is 5.91 Å². The second-order valence-corrected chi connectivity index (χ2v) is 5.94. The molecule has 0 aliphatic carbocycles. The van der Waals surface area contributed by atoms with Gasteiger partial charge in [-0.05, 0) is 54.6 Å². The van der Waals surface area contributed by atoms with Gasteiger partial charge in [-0.25, -0.2) is 0 Å². The van der Waals surface area contributed by atoms with Gasteiger partial charge in [0.1, 0.15) is 0 Å². The Kier molecular flexibility index (Phi) is 4.88. The van der Waals surface area contributed by atoms with E-state index in [1.165, 1.54) is 0 Å². The van der Waals surface area contributed by atoms with E-state index in [0.717, 1.165) is 3.57 Å². The molecular formula is C11H12Cl2INO. The average Bonchev–Trinajstić information content (AvgIpc) is 2.21. The fraction of sp³-hybridized carbons (Fsp3) is 0.364. The molecule has 0 aliphatic rings. The summed E-state index contributed by atoms with van der Waals surface area (Å²) in [5.74, 6) is 0.195. The Morgan fingerprint density at radius 2 is 2.12 bits per heavy atom. The van der Waals surface area contributed by atoms with Crippen molar-refractivity contribution >= 4 is 51.7 Å². The number of rotatable bonds is 3. The van der Waals surface area contributed by atoms with Crippen LogP contribution in [0.3, 0.4) is 0 Å². The minimum atomic E-state index is -0.423. The van der Waals surface area contributed by atoms with Crippen LogP contribution in [0.2, 0.25) is 5.02 Å². The molecule has 88 valence electrons. The van der Waals surface area contributed by atoms with Gasteiger partial charge in [-0.15, -0.1) is 11.6 Å². The van der Waals surface area contributed by atoms with Crippen molar-refractivity contribution in [2.75, 3.05) is 5.88 Å². The molecule has 0 aliphatic heterocycles. The third-order valence-corrected chi connectivity index (χ3v) is 4.21. The number of amides is 1. The summed E-state index contributed by atoms with van der Waals surface area (Å²) in [7, 11) is 0. The van der Waals surface area contributed by atoms with Crippen LogP contribution in [0.15, 0.2) is 18.2 Å². The van der Waals surface area contributed by atoms with Gasteiger partial charge < -0.3 is 5.32 Å². The monoisotopic (exact) mass is 371 g/mol. The number of carbonyl (C=O) groups is 1. The van der Waals surface area contributed by atoms with Crippen LogP contribution in [0.1, 0.15) is 24.2 Å². The van der Waals surface area contributed by atoms with Gasteiger partial charge >= 0.3 is 0 Å². The van der Waals surface area contributed by atoms with Gasteiger partial charge in [0, 0.05) is 20.6 Å². The van der Waals surface area contributed by atoms with Crippen LogP contribution < -0.4 is 5.32 Å². The topological polar surface area (TPSA) is 29.1 Å². The van der Waals surface area contributed by atoms with Crippen molar-refractivity contribution in [1.82, 2.24) is 5.32 Å². The van der Waals surface area contributed by atoms with Crippen molar-refractivity contribution in [3.8, 4) is 0 Å². The highest BCUT2D eigenvalue weighted by Gasteiger charge is 2.20. The third-order valence-electron chi connectivity index (χ3n) is 1.97. The van der Waals surface area contributed by atoms with Crippen LogP contribution in [-0.2, 0) is 0 Å². The van der Waals surface area contributed by atoms with Crippen molar-refractivity contribution in [1.29, 1.82) is 0 Å². The Morgan fingerprint density at radius 1 is 1.50 bits per heavy atom. The predicted molar refractivity (Wildman–Crippen MR) is 76.4 cm³/mol. The van der Waals surface area contributed by atoms with Crippen LogP contribution in [0.5, 0.6) is 0 Å². The fourth-order valence-electron chi connectivity index (χ4n) is 1.05. The number of hydrogen-bond acceptors (Lipinski definition) is 1. The highest BCUT2D eigenvalue weighted by atomic mass is 127. The Labute approximate surface area is 119 Å². The number of nitrogens with one attached hydrogen (secondary N) is 1. The summed E-state index contributed by atoms with van der Waals surface area (Å²) in [6.07, 6.45) is 0. The normalized spacial score (nSPS) is 11.3. The zero-order valence-electron chi connectivity index (χ0n) is 8.98. The van der Waals surface area contributed by atoms with E-state index in [-0.39, 0.29) is 5.91 Å². The molecule has 1 amide bonds. The highest BCUT2D eigenvalue weighted by molar-refractivity contribution is 14.1. The molecule has 0 unspecified atom stereocenters. The second-order valence-electron chi connectivity index (χ2n) is 4.10. The molecule has 1 rings (SSSR count). The van der Waals surface area contributed by atoms with Crippen LogP contribution >= 0.6 is 45.8 Å². The first-order chi connectivity index (χ1) is 7.35. The molecule has 0 saturated carbocycles. The minimum absolute atomic E-state index is 0.163. The lowest BCUT2D eigenvalue weighted by molar-refractivity contribution is 0.0920. The lowest BCUT2D eigenvalue weighted by Crippen LogP contribution is -2.44. The molecule has 16 heavy (non-hydrogen) atoms. The molecule has 0 saturated heterocycles. The number of benzene rings is 1. The van der Waals surface area contributed by atoms with E-state index >= 15 is 0 Å². The average molecular weight is 372 g/mol. The summed E-state index contributed by atoms with van der Waals surface area (Å²) in [6, 6.07) is 5.21. The van der Waals surface area contributed by atoms with Crippen molar-refractivity contribution < 1.29 is 4.79 Å². The van der Waals surface area contributed by atoms with E-state index in [0.29, 0.717) is 16.5 Å². The molecular weight excluding hydrogens is 360 g/mol. The van der Waals surface area contributed by atoms with Gasteiger partial charge in [0.15, 0.2) is 0 Å². The van der Waals surface area contributed by atoms with Crippen LogP contribution in [0.25, 0.3) is 0 Å². The van der Waals surface area contributed by atoms with Gasteiger partial charge in [0.2, 0.25) is 0 Å². The molecule has 0 radical (unpaired) electrons. The first-order valence-electron chi connectivity index (χ1n) is 4.69. The number of halogens is 3. The SMILES string of the molecule is CC(C)(CCl)NC(=O)c1ccc(I)c(Cl)c1. The van der Waals surface area contributed by atoms with E-state index < -0.39 is 5.54 Å². The van der Waals surface area contributed by atoms with Gasteiger partial charge in [-0.1, -0.05) is 11.6 Å². The van der Waals surface area contributed by atoms with Gasteiger partial charge in [0.05, 0.1) is 5.02 Å². The summed E-state index contributed by atoms with van der Waals surface area (Å²) in [6.45, 7) is 3.73. The summed E-state index contributed by atoms with van der Waals surface area (Å²) < 4.78 is 0.924. The smallest absolute Gasteiger partial charge is 0.251 e. The Morgan fingerprint density at radius 3 is 2.62 bits per heavy atom. The van der Waals surface area contributed by atoms with Crippen molar-refractivity contribution in [2.45, 2.75) is 19.4 Å². The molecule has 0 fully saturated rings. The van der Waals surface area contributed by atoms with E-state index in [1.807, 2.05) is 19.9 Å². The second kappa shape index (κ2) is 5.56. The van der Waals surface area contributed by atoms with Gasteiger partial charge in [-0.3, -0.25) is 4.79 Å². The minimum Gasteiger partial charge on any atom is -0.346 e. The fourth-order valence-corrected chi connectivity index (χ4v) is 1.63. The first-order valence-corrected chi connectivity index (χ1v) is 6.68. The first kappa shape index (κ1) is 14.1. The number of hydrogen-bond donors (Lipinski definition) is 1. The maximum absolute atomic E-state index is 11.9. The van der Waals surface area contributed by atoms with Crippen molar-refractivity contribution in [3.63, 3.8) is 0 Å². The van der Waals surface area contributed by atoms with Crippen LogP contribution in [-0.4, -0.2) is 17.3 Å². The van der Waals surface area contributed by atoms with Gasteiger partial charge in [-0.2, -0.15) is 0 Å². The molecule has 1 aromatic carbocycles. The quantitative estimate of drug-likeness (QED) is 0.637. The lowest BCUT2D eigenvalue weighted by atomic mass is 10.1. The molecule has 0 spiro atoms. The Hall–Kier alpha value is -0.0000000000000000555. The van der Waals surface area contributed by atoms with E-state index in [1.54, 1.807) is 12.1 Å². The summed E-state index contributed by atoms with van der Waals surface area (Å²) in [5, 5.41) is 3.42. The Bertz CT molecular complexity index is 407. The standard InChI is InChI=1S/C11H12Cl2INO/c1-11(2,6-12)15-10(16)7-3-4-9(14)8(13)5-7/h3-5H,6H2,1-2H3,(H,15,16). The molecule has 2 nitrogen and oxygen atoms in total. The summed E-state index contributed by atoms with van der Waals surface area (Å²) >= 11 is 13.8. The molecule has 1 N–H and O–H groups in total. The highest BCUT2D eigenvalue weighted by Crippen LogP contribution is 2.20. The largest absolute Gasteiger partial charge is 0.346 e. The maximum Gasteiger partial charge on any atom is 0.251 e. The zero-order valence-corrected chi connectivity index (χ0v) is 12.7. The maximum atomic E-state index is 11.9. The zero-order chi connectivity index (χ0) is 12.3. The Balaban J connectivity index is 2.85. The number of alkyl halides is 1. The summed E-state index contributed by atoms with van der Waals surface area (Å²) in [5.41, 5.74) is 0.122. The van der Waals surface area contributed by atoms with Crippen molar-refractivity contribution in [3.05, 3.63) is 32.4 Å². The lowest BCUT2D eigenvalue weighted by Gasteiger charge is -2.23. The van der Waals surface area contributed by atoms with E-state index in [2.05, 4.69) is 27.9 Å². The molecule has 1 aromatic rings. The predicted octanol–water partition coefficient (Wildman–Crippen LogP) is 3.69. The number of carbonyl (C=O) groups excluding carboxylic acids is 1.